The first kappa shape index (κ1) is 28.1. The minimum Gasteiger partial charge on any atom is -0.392 e. The van der Waals surface area contributed by atoms with Gasteiger partial charge >= 0.3 is 0 Å². The Kier molecular flexibility index (Phi) is 10.3. The molecule has 3 rings (SSSR count). The fourth-order valence-electron chi connectivity index (χ4n) is 4.36. The van der Waals surface area contributed by atoms with Gasteiger partial charge in [0.1, 0.15) is 5.25 Å². The van der Waals surface area contributed by atoms with Crippen LogP contribution >= 0.6 is 0 Å². The lowest BCUT2D eigenvalue weighted by molar-refractivity contribution is -0.0298. The zero-order valence-electron chi connectivity index (χ0n) is 21.3. The molecule has 36 heavy (non-hydrogen) atoms. The smallest absolute Gasteiger partial charge is 0.186 e. The fraction of sp³-hybridized carbons (Fsp3) is 0.400. The van der Waals surface area contributed by atoms with Crippen LogP contribution in [-0.2, 0) is 27.6 Å². The second-order valence-electron chi connectivity index (χ2n) is 9.80. The summed E-state index contributed by atoms with van der Waals surface area (Å²) >= 11 is 0. The molecule has 5 nitrogen and oxygen atoms in total. The molecule has 0 heterocycles. The van der Waals surface area contributed by atoms with Crippen molar-refractivity contribution in [3.8, 4) is 0 Å². The predicted octanol–water partition coefficient (Wildman–Crippen LogP) is 5.12. The van der Waals surface area contributed by atoms with Gasteiger partial charge in [-0.15, -0.1) is 0 Å². The average Bonchev–Trinajstić information content (AvgIpc) is 2.86. The number of rotatable bonds is 13. The molecule has 3 aromatic rings. The third kappa shape index (κ3) is 7.74. The highest BCUT2D eigenvalue weighted by atomic mass is 32.2. The molecule has 0 aliphatic carbocycles. The monoisotopic (exact) mass is 510 g/mol. The van der Waals surface area contributed by atoms with E-state index in [2.05, 4.69) is 0 Å². The molecule has 0 spiro atoms. The van der Waals surface area contributed by atoms with Crippen molar-refractivity contribution in [2.75, 3.05) is 0 Å². The van der Waals surface area contributed by atoms with Crippen LogP contribution in [0.3, 0.4) is 0 Å². The van der Waals surface area contributed by atoms with Crippen molar-refractivity contribution in [1.29, 1.82) is 0 Å². The van der Waals surface area contributed by atoms with E-state index in [4.69, 9.17) is 4.74 Å². The number of aryl methyl sites for hydroxylation is 2. The van der Waals surface area contributed by atoms with Crippen molar-refractivity contribution in [3.05, 3.63) is 102 Å². The molecule has 6 heteroatoms. The lowest BCUT2D eigenvalue weighted by atomic mass is 9.95. The first-order valence-electron chi connectivity index (χ1n) is 12.5. The standard InChI is InChI=1S/C30H38O5S/c1-22(2)29(35-21-25-12-8-5-9-13-25)20-28(32)30(27(31)19-16-24-10-6-4-7-11-24)36(33,34)26-17-14-23(3)15-18-26/h4-15,17-18,22,27-32H,16,19-21H2,1-3H3/t27-,28+,29-,30-/m1/s1. The molecule has 0 aliphatic heterocycles. The van der Waals surface area contributed by atoms with Gasteiger partial charge in [-0.25, -0.2) is 8.42 Å². The molecule has 0 aromatic heterocycles. The number of hydrogen-bond acceptors (Lipinski definition) is 5. The Balaban J connectivity index is 1.82. The molecule has 0 saturated carbocycles. The zero-order chi connectivity index (χ0) is 26.1. The Morgan fingerprint density at radius 2 is 1.33 bits per heavy atom. The lowest BCUT2D eigenvalue weighted by Crippen LogP contribution is -2.46. The Morgan fingerprint density at radius 3 is 1.89 bits per heavy atom. The molecule has 2 N–H and O–H groups in total. The van der Waals surface area contributed by atoms with E-state index in [-0.39, 0.29) is 29.8 Å². The minimum absolute atomic E-state index is 0.0487. The first-order chi connectivity index (χ1) is 17.2. The van der Waals surface area contributed by atoms with Crippen molar-refractivity contribution >= 4 is 9.84 Å². The number of sulfone groups is 1. The van der Waals surface area contributed by atoms with E-state index < -0.39 is 27.3 Å². The predicted molar refractivity (Wildman–Crippen MR) is 143 cm³/mol. The van der Waals surface area contributed by atoms with Gasteiger partial charge in [-0.1, -0.05) is 92.2 Å². The number of hydrogen-bond donors (Lipinski definition) is 2. The largest absolute Gasteiger partial charge is 0.392 e. The summed E-state index contributed by atoms with van der Waals surface area (Å²) in [4.78, 5) is 0.0993. The van der Waals surface area contributed by atoms with Crippen LogP contribution in [0.15, 0.2) is 89.8 Å². The van der Waals surface area contributed by atoms with Crippen molar-refractivity contribution in [2.24, 2.45) is 5.92 Å². The van der Waals surface area contributed by atoms with Crippen LogP contribution < -0.4 is 0 Å². The van der Waals surface area contributed by atoms with E-state index in [1.54, 1.807) is 24.3 Å². The fourth-order valence-corrected chi connectivity index (χ4v) is 6.26. The van der Waals surface area contributed by atoms with Gasteiger partial charge in [-0.05, 0) is 48.9 Å². The highest BCUT2D eigenvalue weighted by molar-refractivity contribution is 7.92. The maximum absolute atomic E-state index is 13.7. The van der Waals surface area contributed by atoms with Gasteiger partial charge in [0, 0.05) is 6.42 Å². The summed E-state index contributed by atoms with van der Waals surface area (Å²) in [5.74, 6) is 0.0487. The Morgan fingerprint density at radius 1 is 0.778 bits per heavy atom. The highest BCUT2D eigenvalue weighted by Crippen LogP contribution is 2.28. The van der Waals surface area contributed by atoms with Crippen LogP contribution in [0.1, 0.15) is 43.4 Å². The summed E-state index contributed by atoms with van der Waals surface area (Å²) < 4.78 is 33.5. The molecular formula is C30H38O5S. The van der Waals surface area contributed by atoms with E-state index in [0.717, 1.165) is 16.7 Å². The van der Waals surface area contributed by atoms with Crippen LogP contribution in [0.25, 0.3) is 0 Å². The molecule has 3 aromatic carbocycles. The SMILES string of the molecule is Cc1ccc(S(=O)(=O)[C@H]([C@H](O)CCc2ccccc2)[C@@H](O)C[C@@H](OCc2ccccc2)C(C)C)cc1. The molecule has 0 unspecified atom stereocenters. The third-order valence-corrected chi connectivity index (χ3v) is 8.84. The summed E-state index contributed by atoms with van der Waals surface area (Å²) in [5.41, 5.74) is 2.94. The molecular weight excluding hydrogens is 472 g/mol. The quantitative estimate of drug-likeness (QED) is 0.333. The number of benzene rings is 3. The van der Waals surface area contributed by atoms with Gasteiger partial charge in [-0.3, -0.25) is 0 Å². The summed E-state index contributed by atoms with van der Waals surface area (Å²) in [6.45, 7) is 6.21. The summed E-state index contributed by atoms with van der Waals surface area (Å²) in [6.07, 6.45) is -2.10. The number of aliphatic hydroxyl groups excluding tert-OH is 2. The van der Waals surface area contributed by atoms with Gasteiger partial charge in [0.2, 0.25) is 0 Å². The van der Waals surface area contributed by atoms with Crippen LogP contribution in [0, 0.1) is 12.8 Å². The highest BCUT2D eigenvalue weighted by Gasteiger charge is 2.40. The Labute approximate surface area is 215 Å². The molecule has 194 valence electrons. The van der Waals surface area contributed by atoms with E-state index in [0.29, 0.717) is 13.0 Å². The molecule has 0 radical (unpaired) electrons. The molecule has 4 atom stereocenters. The molecule has 0 aliphatic rings. The van der Waals surface area contributed by atoms with E-state index in [1.165, 1.54) is 0 Å². The minimum atomic E-state index is -4.01. The first-order valence-corrected chi connectivity index (χ1v) is 14.1. The average molecular weight is 511 g/mol. The molecule has 0 bridgehead atoms. The van der Waals surface area contributed by atoms with Crippen LogP contribution in [-0.4, -0.2) is 42.2 Å². The Hall–Kier alpha value is -2.51. The number of aliphatic hydroxyl groups is 2. The van der Waals surface area contributed by atoms with Crippen molar-refractivity contribution in [1.82, 2.24) is 0 Å². The lowest BCUT2D eigenvalue weighted by Gasteiger charge is -2.31. The van der Waals surface area contributed by atoms with E-state index >= 15 is 0 Å². The Bertz CT molecular complexity index is 1140. The topological polar surface area (TPSA) is 83.8 Å². The van der Waals surface area contributed by atoms with Crippen molar-refractivity contribution < 1.29 is 23.4 Å². The van der Waals surface area contributed by atoms with Crippen LogP contribution in [0.2, 0.25) is 0 Å². The van der Waals surface area contributed by atoms with Gasteiger partial charge in [0.25, 0.3) is 0 Å². The zero-order valence-corrected chi connectivity index (χ0v) is 22.1. The van der Waals surface area contributed by atoms with E-state index in [9.17, 15) is 18.6 Å². The molecule has 0 fully saturated rings. The maximum atomic E-state index is 13.7. The van der Waals surface area contributed by atoms with Crippen molar-refractivity contribution in [3.63, 3.8) is 0 Å². The maximum Gasteiger partial charge on any atom is 0.186 e. The molecule has 0 amide bonds. The van der Waals surface area contributed by atoms with Crippen molar-refractivity contribution in [2.45, 2.75) is 75.1 Å². The third-order valence-electron chi connectivity index (χ3n) is 6.56. The molecule has 0 saturated heterocycles. The van der Waals surface area contributed by atoms with Gasteiger partial charge in [0.15, 0.2) is 9.84 Å². The summed E-state index contributed by atoms with van der Waals surface area (Å²) in [6, 6.07) is 25.9. The van der Waals surface area contributed by atoms with Crippen LogP contribution in [0.5, 0.6) is 0 Å². The van der Waals surface area contributed by atoms with Crippen LogP contribution in [0.4, 0.5) is 0 Å². The second-order valence-corrected chi connectivity index (χ2v) is 11.9. The second kappa shape index (κ2) is 13.2. The van der Waals surface area contributed by atoms with Gasteiger partial charge in [0.05, 0.1) is 29.8 Å². The van der Waals surface area contributed by atoms with Gasteiger partial charge < -0.3 is 14.9 Å². The normalized spacial score (nSPS) is 15.4. The number of ether oxygens (including phenoxy) is 1. The summed E-state index contributed by atoms with van der Waals surface area (Å²) in [7, 11) is -4.01. The van der Waals surface area contributed by atoms with Gasteiger partial charge in [-0.2, -0.15) is 0 Å². The van der Waals surface area contributed by atoms with E-state index in [1.807, 2.05) is 81.4 Å². The summed E-state index contributed by atoms with van der Waals surface area (Å²) in [5, 5.41) is 21.1.